The van der Waals surface area contributed by atoms with Gasteiger partial charge in [-0.25, -0.2) is 0 Å². The largest absolute Gasteiger partial charge is 4.00 e. The van der Waals surface area contributed by atoms with Gasteiger partial charge in [-0.2, -0.15) is 41.8 Å². The summed E-state index contributed by atoms with van der Waals surface area (Å²) in [6, 6.07) is 10.1. The van der Waals surface area contributed by atoms with Gasteiger partial charge in [0.25, 0.3) is 0 Å². The van der Waals surface area contributed by atoms with Gasteiger partial charge in [-0.1, -0.05) is 12.1 Å². The van der Waals surface area contributed by atoms with E-state index in [-0.39, 0.29) is 46.5 Å². The van der Waals surface area contributed by atoms with Crippen molar-refractivity contribution in [2.45, 2.75) is 0 Å². The Labute approximate surface area is 135 Å². The number of fused-ring (bicyclic) bond motifs is 1. The number of hydrogen-bond donors (Lipinski definition) is 1. The fourth-order valence-electron chi connectivity index (χ4n) is 1.30. The minimum atomic E-state index is 0. The first kappa shape index (κ1) is 19.6. The van der Waals surface area contributed by atoms with Crippen LogP contribution in [0.2, 0.25) is 0 Å². The van der Waals surface area contributed by atoms with Crippen LogP contribution >= 0.6 is 0 Å². The van der Waals surface area contributed by atoms with Gasteiger partial charge in [0, 0.05) is 0 Å². The van der Waals surface area contributed by atoms with Gasteiger partial charge < -0.3 is 29.8 Å². The summed E-state index contributed by atoms with van der Waals surface area (Å²) in [5.41, 5.74) is 2.12. The Hall–Kier alpha value is -0.726. The standard InChI is InChI=1S/C8H6N.C6H5.2ClH.Ti/c1-2-4-8-7(3-1)5-6-9-8;1-6-4-2-3-5-6;;;/h1-5,9H;2-4H,1H2;2*1H;/q2*-1;;;+4/p-2. The molecule has 1 heterocycles. The minimum absolute atomic E-state index is 0. The summed E-state index contributed by atoms with van der Waals surface area (Å²) in [7, 11) is 0. The van der Waals surface area contributed by atoms with Crippen LogP contribution in [0.3, 0.4) is 0 Å². The Bertz CT molecular complexity index is 485. The first-order valence-corrected chi connectivity index (χ1v) is 4.75. The molecule has 4 heteroatoms. The van der Waals surface area contributed by atoms with Gasteiger partial charge in [0.2, 0.25) is 0 Å². The molecule has 3 rings (SSSR count). The van der Waals surface area contributed by atoms with E-state index in [4.69, 9.17) is 0 Å². The first-order valence-electron chi connectivity index (χ1n) is 4.75. The maximum atomic E-state index is 3.62. The van der Waals surface area contributed by atoms with E-state index in [2.05, 4.69) is 29.9 Å². The Balaban J connectivity index is 0. The smallest absolute Gasteiger partial charge is 1.00 e. The summed E-state index contributed by atoms with van der Waals surface area (Å²) in [6.45, 7) is 3.62. The number of allylic oxidation sites excluding steroid dienone is 5. The molecule has 0 aliphatic heterocycles. The topological polar surface area (TPSA) is 15.8 Å². The van der Waals surface area contributed by atoms with Crippen molar-refractivity contribution in [3.63, 3.8) is 0 Å². The second kappa shape index (κ2) is 10.2. The number of benzene rings is 1. The van der Waals surface area contributed by atoms with Crippen molar-refractivity contribution in [2.24, 2.45) is 0 Å². The first-order chi connectivity index (χ1) is 7.36. The fraction of sp³-hybridized carbons (Fsp3) is 0. The van der Waals surface area contributed by atoms with E-state index in [1.165, 1.54) is 5.39 Å². The van der Waals surface area contributed by atoms with Crippen molar-refractivity contribution in [3.05, 3.63) is 73.0 Å². The number of aromatic amines is 1. The third kappa shape index (κ3) is 5.75. The summed E-state index contributed by atoms with van der Waals surface area (Å²) in [4.78, 5) is 2.99. The van der Waals surface area contributed by atoms with Crippen LogP contribution in [0.4, 0.5) is 0 Å². The van der Waals surface area contributed by atoms with Crippen LogP contribution in [0.1, 0.15) is 0 Å². The maximum absolute atomic E-state index is 3.62. The van der Waals surface area contributed by atoms with E-state index in [1.54, 1.807) is 0 Å². The van der Waals surface area contributed by atoms with Crippen molar-refractivity contribution >= 4 is 10.9 Å². The molecule has 0 unspecified atom stereocenters. The third-order valence-corrected chi connectivity index (χ3v) is 2.06. The Morgan fingerprint density at radius 3 is 2.33 bits per heavy atom. The summed E-state index contributed by atoms with van der Waals surface area (Å²) in [6.07, 6.45) is 11.5. The molecule has 0 amide bonds. The molecule has 1 aliphatic carbocycles. The normalized spacial score (nSPS) is 10.8. The van der Waals surface area contributed by atoms with Crippen molar-refractivity contribution in [2.75, 3.05) is 0 Å². The van der Waals surface area contributed by atoms with Crippen molar-refractivity contribution in [1.29, 1.82) is 0 Å². The fourth-order valence-corrected chi connectivity index (χ4v) is 1.30. The van der Waals surface area contributed by atoms with E-state index in [1.807, 2.05) is 42.5 Å². The summed E-state index contributed by atoms with van der Waals surface area (Å²) >= 11 is 0. The molecule has 0 radical (unpaired) electrons. The number of H-pyrrole nitrogens is 1. The van der Waals surface area contributed by atoms with Gasteiger partial charge in [0.15, 0.2) is 0 Å². The predicted octanol–water partition coefficient (Wildman–Crippen LogP) is -2.55. The molecule has 1 aromatic heterocycles. The molecule has 90 valence electrons. The molecule has 0 atom stereocenters. The van der Waals surface area contributed by atoms with Gasteiger partial charge in [-0.3, -0.25) is 0 Å². The molecule has 1 aromatic carbocycles. The van der Waals surface area contributed by atoms with E-state index in [9.17, 15) is 0 Å². The molecular formula is C14H11Cl2NTi. The number of aromatic nitrogens is 1. The van der Waals surface area contributed by atoms with Gasteiger partial charge in [-0.15, -0.1) is 29.9 Å². The molecule has 0 saturated carbocycles. The average Bonchev–Trinajstić information content (AvgIpc) is 2.88. The van der Waals surface area contributed by atoms with Crippen molar-refractivity contribution in [3.8, 4) is 0 Å². The third-order valence-electron chi connectivity index (χ3n) is 2.06. The van der Waals surface area contributed by atoms with Crippen LogP contribution in [-0.4, -0.2) is 4.98 Å². The second-order valence-electron chi connectivity index (χ2n) is 3.20. The summed E-state index contributed by atoms with van der Waals surface area (Å²) in [5, 5.41) is 1.22. The quantitative estimate of drug-likeness (QED) is 0.407. The number of rotatable bonds is 0. The Morgan fingerprint density at radius 1 is 1.11 bits per heavy atom. The van der Waals surface area contributed by atoms with E-state index < -0.39 is 0 Å². The van der Waals surface area contributed by atoms with Gasteiger partial charge in [-0.05, 0) is 0 Å². The van der Waals surface area contributed by atoms with Crippen LogP contribution in [0.25, 0.3) is 10.9 Å². The van der Waals surface area contributed by atoms with Crippen LogP contribution in [-0.2, 0) is 21.7 Å². The van der Waals surface area contributed by atoms with Crippen LogP contribution in [0.15, 0.2) is 60.7 Å². The summed E-state index contributed by atoms with van der Waals surface area (Å²) in [5.74, 6) is 0. The van der Waals surface area contributed by atoms with Gasteiger partial charge in [0.1, 0.15) is 0 Å². The Morgan fingerprint density at radius 2 is 1.83 bits per heavy atom. The number of nitrogens with one attached hydrogen (secondary N) is 1. The molecular weight excluding hydrogens is 301 g/mol. The molecule has 0 bridgehead atoms. The zero-order chi connectivity index (χ0) is 10.5. The number of hydrogen-bond acceptors (Lipinski definition) is 0. The van der Waals surface area contributed by atoms with Crippen LogP contribution in [0, 0.1) is 12.3 Å². The molecule has 0 fully saturated rings. The summed E-state index contributed by atoms with van der Waals surface area (Å²) < 4.78 is 0. The van der Waals surface area contributed by atoms with Crippen molar-refractivity contribution < 1.29 is 46.5 Å². The Kier molecular flexibility index (Phi) is 11.1. The average molecular weight is 312 g/mol. The van der Waals surface area contributed by atoms with E-state index in [0.717, 1.165) is 11.1 Å². The van der Waals surface area contributed by atoms with E-state index >= 15 is 0 Å². The van der Waals surface area contributed by atoms with Crippen LogP contribution < -0.4 is 24.8 Å². The zero-order valence-corrected chi connectivity index (χ0v) is 12.7. The van der Waals surface area contributed by atoms with Crippen LogP contribution in [0.5, 0.6) is 0 Å². The van der Waals surface area contributed by atoms with Crippen molar-refractivity contribution in [1.82, 2.24) is 4.98 Å². The monoisotopic (exact) mass is 311 g/mol. The predicted molar refractivity (Wildman–Crippen MR) is 63.2 cm³/mol. The second-order valence-corrected chi connectivity index (χ2v) is 3.20. The SMILES string of the molecule is C=C1[C-]=CC=C1.[Cl-].[Cl-].[Ti+4].[c-]1cc2ccccc2[nH]1. The number of para-hydroxylation sites is 1. The van der Waals surface area contributed by atoms with Gasteiger partial charge >= 0.3 is 21.7 Å². The molecule has 0 saturated heterocycles. The maximum Gasteiger partial charge on any atom is 4.00 e. The zero-order valence-electron chi connectivity index (χ0n) is 9.58. The van der Waals surface area contributed by atoms with E-state index in [0.29, 0.717) is 0 Å². The molecule has 1 N–H and O–H groups in total. The number of halogens is 2. The molecule has 0 spiro atoms. The molecule has 18 heavy (non-hydrogen) atoms. The molecule has 1 nitrogen and oxygen atoms in total. The van der Waals surface area contributed by atoms with Gasteiger partial charge in [0.05, 0.1) is 0 Å². The molecule has 2 aromatic rings. The molecule has 1 aliphatic rings. The minimum Gasteiger partial charge on any atom is -1.00 e.